The molecule has 112 valence electrons. The highest BCUT2D eigenvalue weighted by Gasteiger charge is 2.07. The first-order chi connectivity index (χ1) is 10.8. The fourth-order valence-corrected chi connectivity index (χ4v) is 2.74. The normalized spacial score (nSPS) is 10.6. The summed E-state index contributed by atoms with van der Waals surface area (Å²) in [4.78, 5) is 0. The summed E-state index contributed by atoms with van der Waals surface area (Å²) in [6.07, 6.45) is 0. The van der Waals surface area contributed by atoms with Crippen LogP contribution in [0.25, 0.3) is 0 Å². The summed E-state index contributed by atoms with van der Waals surface area (Å²) in [6, 6.07) is 17.7. The molecule has 0 aliphatic heterocycles. The molecular formula is C16H13BrN2O2S. The Morgan fingerprint density at radius 2 is 1.77 bits per heavy atom. The Hall–Kier alpha value is -1.79. The Labute approximate surface area is 141 Å². The number of nitrogens with zero attached hydrogens (tertiary/aromatic N) is 2. The fraction of sp³-hybridized carbons (Fsp3) is 0.125. The van der Waals surface area contributed by atoms with Gasteiger partial charge >= 0.3 is 0 Å². The summed E-state index contributed by atoms with van der Waals surface area (Å²) in [7, 11) is 0. The average molecular weight is 377 g/mol. The molecule has 0 saturated carbocycles. The number of aromatic nitrogens is 2. The molecule has 22 heavy (non-hydrogen) atoms. The van der Waals surface area contributed by atoms with Crippen molar-refractivity contribution in [3.05, 3.63) is 70.5 Å². The zero-order valence-electron chi connectivity index (χ0n) is 11.6. The standard InChI is InChI=1S/C16H13BrN2O2S/c17-13-8-6-12(7-9-13)11-22-16-19-18-15(21-16)10-20-14-4-2-1-3-5-14/h1-9H,10-11H2. The van der Waals surface area contributed by atoms with Gasteiger partial charge in [0, 0.05) is 10.2 Å². The van der Waals surface area contributed by atoms with Crippen molar-refractivity contribution in [3.8, 4) is 5.75 Å². The van der Waals surface area contributed by atoms with E-state index in [1.54, 1.807) is 0 Å². The van der Waals surface area contributed by atoms with Gasteiger partial charge in [0.1, 0.15) is 5.75 Å². The SMILES string of the molecule is Brc1ccc(CSc2nnc(COc3ccccc3)o2)cc1. The third-order valence-electron chi connectivity index (χ3n) is 2.83. The van der Waals surface area contributed by atoms with Crippen molar-refractivity contribution in [1.82, 2.24) is 10.2 Å². The maximum atomic E-state index is 5.57. The van der Waals surface area contributed by atoms with Crippen molar-refractivity contribution in [2.24, 2.45) is 0 Å². The van der Waals surface area contributed by atoms with Crippen LogP contribution in [0.2, 0.25) is 0 Å². The average Bonchev–Trinajstić information content (AvgIpc) is 3.01. The zero-order chi connectivity index (χ0) is 15.2. The van der Waals surface area contributed by atoms with Gasteiger partial charge in [0.2, 0.25) is 0 Å². The minimum absolute atomic E-state index is 0.274. The van der Waals surface area contributed by atoms with Crippen LogP contribution < -0.4 is 4.74 Å². The van der Waals surface area contributed by atoms with Gasteiger partial charge in [-0.3, -0.25) is 0 Å². The van der Waals surface area contributed by atoms with Gasteiger partial charge in [-0.2, -0.15) is 0 Å². The molecule has 4 nitrogen and oxygen atoms in total. The Bertz CT molecular complexity index is 717. The van der Waals surface area contributed by atoms with Crippen molar-refractivity contribution in [2.75, 3.05) is 0 Å². The highest BCUT2D eigenvalue weighted by Crippen LogP contribution is 2.23. The highest BCUT2D eigenvalue weighted by molar-refractivity contribution is 9.10. The van der Waals surface area contributed by atoms with E-state index < -0.39 is 0 Å². The van der Waals surface area contributed by atoms with Gasteiger partial charge in [0.05, 0.1) is 0 Å². The second kappa shape index (κ2) is 7.47. The molecule has 0 fully saturated rings. The Balaban J connectivity index is 1.51. The molecule has 0 bridgehead atoms. The number of hydrogen-bond acceptors (Lipinski definition) is 5. The predicted octanol–water partition coefficient (Wildman–Crippen LogP) is 4.70. The van der Waals surface area contributed by atoms with Gasteiger partial charge in [-0.25, -0.2) is 0 Å². The van der Waals surface area contributed by atoms with Crippen LogP contribution in [0.3, 0.4) is 0 Å². The molecule has 0 N–H and O–H groups in total. The van der Waals surface area contributed by atoms with Crippen molar-refractivity contribution in [2.45, 2.75) is 17.6 Å². The predicted molar refractivity (Wildman–Crippen MR) is 88.8 cm³/mol. The van der Waals surface area contributed by atoms with Gasteiger partial charge in [-0.05, 0) is 29.8 Å². The first-order valence-corrected chi connectivity index (χ1v) is 8.45. The molecule has 1 heterocycles. The van der Waals surface area contributed by atoms with E-state index in [2.05, 4.69) is 38.3 Å². The van der Waals surface area contributed by atoms with Crippen molar-refractivity contribution >= 4 is 27.7 Å². The van der Waals surface area contributed by atoms with Crippen molar-refractivity contribution in [1.29, 1.82) is 0 Å². The summed E-state index contributed by atoms with van der Waals surface area (Å²) in [5.74, 6) is 2.04. The molecule has 0 aliphatic carbocycles. The molecule has 0 saturated heterocycles. The molecular weight excluding hydrogens is 364 g/mol. The summed E-state index contributed by atoms with van der Waals surface area (Å²) in [5, 5.41) is 8.56. The van der Waals surface area contributed by atoms with Crippen LogP contribution in [0.4, 0.5) is 0 Å². The number of hydrogen-bond donors (Lipinski definition) is 0. The largest absolute Gasteiger partial charge is 0.484 e. The van der Waals surface area contributed by atoms with Crippen molar-refractivity contribution in [3.63, 3.8) is 0 Å². The molecule has 2 aromatic carbocycles. The lowest BCUT2D eigenvalue weighted by atomic mass is 10.2. The lowest BCUT2D eigenvalue weighted by Crippen LogP contribution is -1.95. The summed E-state index contributed by atoms with van der Waals surface area (Å²) in [5.41, 5.74) is 1.20. The zero-order valence-corrected chi connectivity index (χ0v) is 14.0. The Morgan fingerprint density at radius 1 is 1.00 bits per heavy atom. The third kappa shape index (κ3) is 4.35. The van der Waals surface area contributed by atoms with Gasteiger partial charge in [0.15, 0.2) is 6.61 Å². The highest BCUT2D eigenvalue weighted by atomic mass is 79.9. The van der Waals surface area contributed by atoms with Crippen LogP contribution in [0, 0.1) is 0 Å². The number of rotatable bonds is 6. The molecule has 3 aromatic rings. The maximum Gasteiger partial charge on any atom is 0.277 e. The van der Waals surface area contributed by atoms with E-state index in [4.69, 9.17) is 9.15 Å². The van der Waals surface area contributed by atoms with Gasteiger partial charge in [-0.15, -0.1) is 10.2 Å². The number of thioether (sulfide) groups is 1. The minimum Gasteiger partial charge on any atom is -0.484 e. The summed E-state index contributed by atoms with van der Waals surface area (Å²) in [6.45, 7) is 0.274. The summed E-state index contributed by atoms with van der Waals surface area (Å²) < 4.78 is 12.2. The van der Waals surface area contributed by atoms with E-state index >= 15 is 0 Å². The fourth-order valence-electron chi connectivity index (χ4n) is 1.74. The van der Waals surface area contributed by atoms with Gasteiger partial charge in [-0.1, -0.05) is 58.0 Å². The summed E-state index contributed by atoms with van der Waals surface area (Å²) >= 11 is 4.93. The van der Waals surface area contributed by atoms with E-state index in [-0.39, 0.29) is 6.61 Å². The lowest BCUT2D eigenvalue weighted by molar-refractivity contribution is 0.252. The molecule has 0 aliphatic rings. The second-order valence-corrected chi connectivity index (χ2v) is 6.32. The van der Waals surface area contributed by atoms with Gasteiger partial charge in [0.25, 0.3) is 11.1 Å². The monoisotopic (exact) mass is 376 g/mol. The molecule has 3 rings (SSSR count). The molecule has 6 heteroatoms. The van der Waals surface area contributed by atoms with Crippen molar-refractivity contribution < 1.29 is 9.15 Å². The lowest BCUT2D eigenvalue weighted by Gasteiger charge is -2.01. The quantitative estimate of drug-likeness (QED) is 0.583. The van der Waals surface area contributed by atoms with E-state index in [1.807, 2.05) is 42.5 Å². The maximum absolute atomic E-state index is 5.57. The number of ether oxygens (including phenoxy) is 1. The topological polar surface area (TPSA) is 48.2 Å². The number of halogens is 1. The van der Waals surface area contributed by atoms with Gasteiger partial charge < -0.3 is 9.15 Å². The molecule has 0 unspecified atom stereocenters. The van der Waals surface area contributed by atoms with Crippen LogP contribution in [-0.4, -0.2) is 10.2 Å². The van der Waals surface area contributed by atoms with E-state index in [0.717, 1.165) is 16.0 Å². The molecule has 0 radical (unpaired) electrons. The van der Waals surface area contributed by atoms with Crippen LogP contribution in [0.1, 0.15) is 11.5 Å². The third-order valence-corrected chi connectivity index (χ3v) is 4.25. The smallest absolute Gasteiger partial charge is 0.277 e. The van der Waals surface area contributed by atoms with Crippen LogP contribution >= 0.6 is 27.7 Å². The number of benzene rings is 2. The van der Waals surface area contributed by atoms with Crippen LogP contribution in [-0.2, 0) is 12.4 Å². The first-order valence-electron chi connectivity index (χ1n) is 6.67. The molecule has 1 aromatic heterocycles. The Morgan fingerprint density at radius 3 is 2.55 bits per heavy atom. The number of para-hydroxylation sites is 1. The van der Waals surface area contributed by atoms with E-state index in [1.165, 1.54) is 17.3 Å². The van der Waals surface area contributed by atoms with Crippen LogP contribution in [0.5, 0.6) is 5.75 Å². The minimum atomic E-state index is 0.274. The molecule has 0 amide bonds. The van der Waals surface area contributed by atoms with Crippen LogP contribution in [0.15, 0.2) is 68.7 Å². The molecule has 0 atom stereocenters. The Kier molecular flexibility index (Phi) is 5.13. The molecule has 0 spiro atoms. The van der Waals surface area contributed by atoms with E-state index in [9.17, 15) is 0 Å². The second-order valence-electron chi connectivity index (χ2n) is 4.48. The van der Waals surface area contributed by atoms with E-state index in [0.29, 0.717) is 11.1 Å². The first kappa shape index (κ1) is 15.1.